The molecule has 0 spiro atoms. The monoisotopic (exact) mass is 648 g/mol. The lowest BCUT2D eigenvalue weighted by Crippen LogP contribution is -2.39. The van der Waals surface area contributed by atoms with Crippen LogP contribution >= 0.6 is 11.6 Å². The molecule has 14 heteroatoms. The zero-order chi connectivity index (χ0) is 32.6. The molecule has 5 rings (SSSR count). The lowest BCUT2D eigenvalue weighted by molar-refractivity contribution is 0.0977. The fourth-order valence-electron chi connectivity index (χ4n) is 5.72. The number of rotatable bonds is 7. The SMILES string of the molecule is Cc1cc([C@@H](C)Nc2ccc(Cl)nc2C(=O)NS(C)(=O)=O)c2nc(N3CCC[C@@H](c4cnc(C)c(C#N)c4)C3)n(C)c(=O)c2c1. The number of nitriles is 1. The van der Waals surface area contributed by atoms with Gasteiger partial charge in [-0.25, -0.2) is 23.1 Å². The Bertz CT molecular complexity index is 2040. The Balaban J connectivity index is 1.53. The molecule has 1 amide bonds. The van der Waals surface area contributed by atoms with Gasteiger partial charge in [0.1, 0.15) is 11.2 Å². The minimum Gasteiger partial charge on any atom is -0.377 e. The first-order valence-electron chi connectivity index (χ1n) is 14.3. The van der Waals surface area contributed by atoms with Crippen molar-refractivity contribution in [3.8, 4) is 6.07 Å². The number of pyridine rings is 2. The van der Waals surface area contributed by atoms with E-state index in [0.29, 0.717) is 46.8 Å². The van der Waals surface area contributed by atoms with Gasteiger partial charge in [-0.3, -0.25) is 19.1 Å². The van der Waals surface area contributed by atoms with Crippen LogP contribution in [0.1, 0.15) is 70.2 Å². The minimum atomic E-state index is -3.85. The van der Waals surface area contributed by atoms with E-state index < -0.39 is 22.0 Å². The van der Waals surface area contributed by atoms with Crippen LogP contribution in [-0.2, 0) is 17.1 Å². The third-order valence-electron chi connectivity index (χ3n) is 7.93. The summed E-state index contributed by atoms with van der Waals surface area (Å²) in [6.45, 7) is 6.86. The highest BCUT2D eigenvalue weighted by Crippen LogP contribution is 2.32. The number of anilines is 2. The van der Waals surface area contributed by atoms with Crippen molar-refractivity contribution in [1.82, 2.24) is 24.2 Å². The van der Waals surface area contributed by atoms with Gasteiger partial charge in [0.05, 0.1) is 40.1 Å². The first-order chi connectivity index (χ1) is 21.3. The number of nitrogens with zero attached hydrogens (tertiary/aromatic N) is 6. The molecule has 1 fully saturated rings. The molecule has 0 bridgehead atoms. The van der Waals surface area contributed by atoms with Crippen LogP contribution in [0.15, 0.2) is 41.3 Å². The average Bonchev–Trinajstić information content (AvgIpc) is 2.99. The molecular weight excluding hydrogens is 616 g/mol. The van der Waals surface area contributed by atoms with Crippen LogP contribution in [0.4, 0.5) is 11.6 Å². The van der Waals surface area contributed by atoms with E-state index in [2.05, 4.69) is 26.3 Å². The molecule has 2 N–H and O–H groups in total. The third kappa shape index (κ3) is 6.77. The number of aryl methyl sites for hydroxylation is 2. The van der Waals surface area contributed by atoms with Crippen LogP contribution in [0.5, 0.6) is 0 Å². The molecule has 1 aliphatic rings. The van der Waals surface area contributed by atoms with Crippen molar-refractivity contribution < 1.29 is 13.2 Å². The molecule has 3 aromatic heterocycles. The van der Waals surface area contributed by atoms with Crippen LogP contribution in [-0.4, -0.2) is 53.2 Å². The molecule has 0 aliphatic carbocycles. The smallest absolute Gasteiger partial charge is 0.285 e. The van der Waals surface area contributed by atoms with Crippen LogP contribution < -0.4 is 20.5 Å². The zero-order valence-electron chi connectivity index (χ0n) is 25.5. The van der Waals surface area contributed by atoms with E-state index in [0.717, 1.165) is 30.2 Å². The second-order valence-corrected chi connectivity index (χ2v) is 13.6. The van der Waals surface area contributed by atoms with Gasteiger partial charge in [0.25, 0.3) is 11.5 Å². The maximum Gasteiger partial charge on any atom is 0.285 e. The van der Waals surface area contributed by atoms with Crippen molar-refractivity contribution >= 4 is 50.1 Å². The number of aromatic nitrogens is 4. The van der Waals surface area contributed by atoms with Crippen molar-refractivity contribution in [2.75, 3.05) is 29.6 Å². The fraction of sp³-hybridized carbons (Fsp3) is 0.355. The highest BCUT2D eigenvalue weighted by Gasteiger charge is 2.27. The number of sulfonamides is 1. The van der Waals surface area contributed by atoms with Crippen molar-refractivity contribution in [3.63, 3.8) is 0 Å². The summed E-state index contributed by atoms with van der Waals surface area (Å²) in [7, 11) is -2.13. The summed E-state index contributed by atoms with van der Waals surface area (Å²) < 4.78 is 27.0. The van der Waals surface area contributed by atoms with Gasteiger partial charge in [-0.05, 0) is 69.0 Å². The summed E-state index contributed by atoms with van der Waals surface area (Å²) >= 11 is 6.04. The molecule has 12 nitrogen and oxygen atoms in total. The van der Waals surface area contributed by atoms with Crippen LogP contribution in [0, 0.1) is 25.2 Å². The minimum absolute atomic E-state index is 0.0211. The normalized spacial score (nSPS) is 15.8. The number of hydrogen-bond donors (Lipinski definition) is 2. The van der Waals surface area contributed by atoms with E-state index >= 15 is 0 Å². The number of nitrogens with one attached hydrogen (secondary N) is 2. The van der Waals surface area contributed by atoms with E-state index in [1.165, 1.54) is 6.07 Å². The number of carbonyl (C=O) groups is 1. The molecule has 1 aliphatic heterocycles. The number of amides is 1. The van der Waals surface area contributed by atoms with E-state index in [-0.39, 0.29) is 28.0 Å². The molecule has 4 heterocycles. The molecule has 4 aromatic rings. The maximum absolute atomic E-state index is 13.8. The number of hydrogen-bond acceptors (Lipinski definition) is 10. The van der Waals surface area contributed by atoms with Crippen molar-refractivity contribution in [3.05, 3.63) is 85.7 Å². The number of benzene rings is 1. The standard InChI is InChI=1S/C31H33ClN8O4S/c1-17-11-23(19(3)35-25-8-9-26(32)36-28(25)29(41)38-45(5,43)44)27-24(12-17)30(42)39(4)31(37-27)40-10-6-7-20(16-40)22-13-21(14-33)18(2)34-15-22/h8-9,11-13,15,19-20,35H,6-7,10,16H2,1-5H3,(H,38,41)/t19-,20-/m1/s1. The van der Waals surface area contributed by atoms with Gasteiger partial charge in [0.15, 0.2) is 5.69 Å². The first kappa shape index (κ1) is 31.9. The Labute approximate surface area is 266 Å². The van der Waals surface area contributed by atoms with Gasteiger partial charge < -0.3 is 10.2 Å². The molecule has 0 radical (unpaired) electrons. The Morgan fingerprint density at radius 2 is 1.96 bits per heavy atom. The highest BCUT2D eigenvalue weighted by molar-refractivity contribution is 7.89. The molecule has 1 aromatic carbocycles. The molecule has 234 valence electrons. The first-order valence-corrected chi connectivity index (χ1v) is 16.6. The van der Waals surface area contributed by atoms with Crippen LogP contribution in [0.2, 0.25) is 5.15 Å². The second-order valence-electron chi connectivity index (χ2n) is 11.4. The number of fused-ring (bicyclic) bond motifs is 1. The van der Waals surface area contributed by atoms with E-state index in [1.807, 2.05) is 43.8 Å². The summed E-state index contributed by atoms with van der Waals surface area (Å²) in [5.74, 6) is -0.293. The Hall–Kier alpha value is -4.54. The molecule has 0 saturated carbocycles. The molecule has 2 atom stereocenters. The summed E-state index contributed by atoms with van der Waals surface area (Å²) in [5.41, 5.74) is 4.16. The van der Waals surface area contributed by atoms with E-state index in [4.69, 9.17) is 16.6 Å². The summed E-state index contributed by atoms with van der Waals surface area (Å²) in [4.78, 5) is 42.2. The Morgan fingerprint density at radius 3 is 2.67 bits per heavy atom. The number of carbonyl (C=O) groups excluding carboxylic acids is 1. The summed E-state index contributed by atoms with van der Waals surface area (Å²) in [5, 5.41) is 13.2. The molecule has 0 unspecified atom stereocenters. The van der Waals surface area contributed by atoms with Crippen LogP contribution in [0.3, 0.4) is 0 Å². The maximum atomic E-state index is 13.8. The van der Waals surface area contributed by atoms with E-state index in [1.54, 1.807) is 23.7 Å². The van der Waals surface area contributed by atoms with Crippen molar-refractivity contribution in [1.29, 1.82) is 5.26 Å². The predicted molar refractivity (Wildman–Crippen MR) is 173 cm³/mol. The van der Waals surface area contributed by atoms with Crippen molar-refractivity contribution in [2.45, 2.75) is 45.6 Å². The lowest BCUT2D eigenvalue weighted by Gasteiger charge is -2.34. The molecule has 45 heavy (non-hydrogen) atoms. The Kier molecular flexibility index (Phi) is 8.82. The molecule has 1 saturated heterocycles. The molecular formula is C31H33ClN8O4S. The van der Waals surface area contributed by atoms with Gasteiger partial charge >= 0.3 is 0 Å². The topological polar surface area (TPSA) is 163 Å². The van der Waals surface area contributed by atoms with Gasteiger partial charge in [-0.1, -0.05) is 17.7 Å². The Morgan fingerprint density at radius 1 is 1.20 bits per heavy atom. The van der Waals surface area contributed by atoms with Gasteiger partial charge in [-0.2, -0.15) is 5.26 Å². The van der Waals surface area contributed by atoms with Crippen molar-refractivity contribution in [2.24, 2.45) is 7.05 Å². The van der Waals surface area contributed by atoms with Crippen LogP contribution in [0.25, 0.3) is 10.9 Å². The zero-order valence-corrected chi connectivity index (χ0v) is 27.1. The summed E-state index contributed by atoms with van der Waals surface area (Å²) in [6, 6.07) is 10.4. The number of piperidine rings is 1. The second kappa shape index (κ2) is 12.5. The van der Waals surface area contributed by atoms with Gasteiger partial charge in [-0.15, -0.1) is 0 Å². The average molecular weight is 649 g/mol. The quantitative estimate of drug-likeness (QED) is 0.279. The van der Waals surface area contributed by atoms with Gasteiger partial charge in [0.2, 0.25) is 16.0 Å². The largest absolute Gasteiger partial charge is 0.377 e. The lowest BCUT2D eigenvalue weighted by atomic mass is 9.91. The summed E-state index contributed by atoms with van der Waals surface area (Å²) in [6.07, 6.45) is 4.49. The fourth-order valence-corrected chi connectivity index (χ4v) is 6.30. The predicted octanol–water partition coefficient (Wildman–Crippen LogP) is 4.11. The highest BCUT2D eigenvalue weighted by atomic mass is 35.5. The third-order valence-corrected chi connectivity index (χ3v) is 8.69. The number of halogens is 1. The van der Waals surface area contributed by atoms with Gasteiger partial charge in [0, 0.05) is 37.8 Å². The van der Waals surface area contributed by atoms with E-state index in [9.17, 15) is 23.3 Å².